The average molecular weight is 300 g/mol. The molecule has 0 aliphatic heterocycles. The van der Waals surface area contributed by atoms with E-state index in [0.717, 1.165) is 24.1 Å². The quantitative estimate of drug-likeness (QED) is 0.797. The summed E-state index contributed by atoms with van der Waals surface area (Å²) in [5, 5.41) is 0. The molecule has 0 saturated heterocycles. The van der Waals surface area contributed by atoms with Gasteiger partial charge in [-0.05, 0) is 30.5 Å². The number of nitrogens with one attached hydrogen (secondary N) is 1. The third kappa shape index (κ3) is 5.86. The van der Waals surface area contributed by atoms with Gasteiger partial charge in [0.1, 0.15) is 5.75 Å². The van der Waals surface area contributed by atoms with Gasteiger partial charge >= 0.3 is 6.36 Å². The summed E-state index contributed by atoms with van der Waals surface area (Å²) in [7, 11) is 0. The Morgan fingerprint density at radius 3 is 2.52 bits per heavy atom. The zero-order chi connectivity index (χ0) is 15.1. The molecule has 0 fully saturated rings. The highest BCUT2D eigenvalue weighted by atomic mass is 19.4. The maximum Gasteiger partial charge on any atom is 0.573 e. The summed E-state index contributed by atoms with van der Waals surface area (Å²) in [6.45, 7) is 0.926. The number of halogens is 3. The third-order valence-electron chi connectivity index (χ3n) is 2.72. The number of ether oxygens (including phenoxy) is 2. The lowest BCUT2D eigenvalue weighted by atomic mass is 10.2. The highest BCUT2D eigenvalue weighted by Gasteiger charge is 2.30. The van der Waals surface area contributed by atoms with E-state index in [1.165, 1.54) is 12.1 Å². The fraction of sp³-hybridized carbons (Fsp3) is 0.357. The SMILES string of the molecule is FC(F)(F)Oc1ccc(COCCCc2cnc[nH]2)cc1. The second kappa shape index (κ2) is 7.12. The Morgan fingerprint density at radius 2 is 1.90 bits per heavy atom. The molecule has 2 aromatic rings. The first-order valence-corrected chi connectivity index (χ1v) is 6.42. The van der Waals surface area contributed by atoms with Gasteiger partial charge in [-0.25, -0.2) is 4.98 Å². The van der Waals surface area contributed by atoms with Crippen molar-refractivity contribution in [1.82, 2.24) is 9.97 Å². The number of hydrogen-bond acceptors (Lipinski definition) is 3. The smallest absolute Gasteiger partial charge is 0.406 e. The Hall–Kier alpha value is -2.02. The number of alkyl halides is 3. The van der Waals surface area contributed by atoms with Crippen LogP contribution in [0.15, 0.2) is 36.8 Å². The molecule has 1 heterocycles. The van der Waals surface area contributed by atoms with Gasteiger partial charge in [0, 0.05) is 18.5 Å². The minimum atomic E-state index is -4.66. The summed E-state index contributed by atoms with van der Waals surface area (Å²) in [5.41, 5.74) is 1.85. The van der Waals surface area contributed by atoms with Crippen LogP contribution in [-0.2, 0) is 17.8 Å². The number of H-pyrrole nitrogens is 1. The van der Waals surface area contributed by atoms with Crippen LogP contribution < -0.4 is 4.74 Å². The summed E-state index contributed by atoms with van der Waals surface area (Å²) in [6.07, 6.45) is 0.417. The molecule has 0 amide bonds. The molecule has 0 aliphatic carbocycles. The second-order valence-electron chi connectivity index (χ2n) is 4.42. The van der Waals surface area contributed by atoms with Crippen LogP contribution >= 0.6 is 0 Å². The van der Waals surface area contributed by atoms with Crippen LogP contribution in [0.5, 0.6) is 5.75 Å². The first-order chi connectivity index (χ1) is 10.0. The Kier molecular flexibility index (Phi) is 5.21. The topological polar surface area (TPSA) is 47.1 Å². The molecule has 7 heteroatoms. The van der Waals surface area contributed by atoms with Gasteiger partial charge in [-0.2, -0.15) is 0 Å². The molecule has 0 spiro atoms. The van der Waals surface area contributed by atoms with Gasteiger partial charge in [0.15, 0.2) is 0 Å². The van der Waals surface area contributed by atoms with E-state index >= 15 is 0 Å². The van der Waals surface area contributed by atoms with Crippen LogP contribution in [-0.4, -0.2) is 22.9 Å². The maximum atomic E-state index is 12.0. The highest BCUT2D eigenvalue weighted by Crippen LogP contribution is 2.22. The molecule has 1 aromatic carbocycles. The molecule has 114 valence electrons. The fourth-order valence-electron chi connectivity index (χ4n) is 1.76. The Morgan fingerprint density at radius 1 is 1.14 bits per heavy atom. The molecule has 1 N–H and O–H groups in total. The van der Waals surface area contributed by atoms with Crippen LogP contribution in [0.3, 0.4) is 0 Å². The predicted molar refractivity (Wildman–Crippen MR) is 69.7 cm³/mol. The van der Waals surface area contributed by atoms with Gasteiger partial charge in [0.05, 0.1) is 12.9 Å². The Bertz CT molecular complexity index is 524. The van der Waals surface area contributed by atoms with Gasteiger partial charge in [-0.15, -0.1) is 13.2 Å². The van der Waals surface area contributed by atoms with Crippen molar-refractivity contribution in [3.63, 3.8) is 0 Å². The van der Waals surface area contributed by atoms with Crippen LogP contribution in [0.4, 0.5) is 13.2 Å². The van der Waals surface area contributed by atoms with Crippen molar-refractivity contribution < 1.29 is 22.6 Å². The normalized spacial score (nSPS) is 11.6. The number of nitrogens with zero attached hydrogens (tertiary/aromatic N) is 1. The largest absolute Gasteiger partial charge is 0.573 e. The molecule has 0 saturated carbocycles. The number of aromatic nitrogens is 2. The second-order valence-corrected chi connectivity index (χ2v) is 4.42. The number of hydrogen-bond donors (Lipinski definition) is 1. The van der Waals surface area contributed by atoms with Gasteiger partial charge < -0.3 is 14.5 Å². The van der Waals surface area contributed by atoms with Crippen molar-refractivity contribution in [2.45, 2.75) is 25.8 Å². The van der Waals surface area contributed by atoms with Crippen LogP contribution in [0, 0.1) is 0 Å². The molecule has 0 radical (unpaired) electrons. The molecule has 21 heavy (non-hydrogen) atoms. The third-order valence-corrected chi connectivity index (χ3v) is 2.72. The lowest BCUT2D eigenvalue weighted by Gasteiger charge is -2.09. The van der Waals surface area contributed by atoms with Crippen molar-refractivity contribution in [2.75, 3.05) is 6.61 Å². The first-order valence-electron chi connectivity index (χ1n) is 6.42. The summed E-state index contributed by atoms with van der Waals surface area (Å²) < 4.78 is 45.2. The van der Waals surface area contributed by atoms with Crippen molar-refractivity contribution >= 4 is 0 Å². The molecule has 4 nitrogen and oxygen atoms in total. The Labute approximate surface area is 119 Å². The lowest BCUT2D eigenvalue weighted by Crippen LogP contribution is -2.17. The zero-order valence-electron chi connectivity index (χ0n) is 11.2. The fourth-order valence-corrected chi connectivity index (χ4v) is 1.76. The monoisotopic (exact) mass is 300 g/mol. The van der Waals surface area contributed by atoms with Crippen molar-refractivity contribution in [3.8, 4) is 5.75 Å². The van der Waals surface area contributed by atoms with Crippen LogP contribution in [0.2, 0.25) is 0 Å². The van der Waals surface area contributed by atoms with E-state index in [1.807, 2.05) is 0 Å². The van der Waals surface area contributed by atoms with E-state index in [2.05, 4.69) is 14.7 Å². The lowest BCUT2D eigenvalue weighted by molar-refractivity contribution is -0.274. The molecular weight excluding hydrogens is 285 g/mol. The molecule has 2 rings (SSSR count). The van der Waals surface area contributed by atoms with Crippen LogP contribution in [0.25, 0.3) is 0 Å². The molecule has 0 aliphatic rings. The number of aromatic amines is 1. The van der Waals surface area contributed by atoms with Gasteiger partial charge in [0.25, 0.3) is 0 Å². The minimum Gasteiger partial charge on any atom is -0.406 e. The Balaban J connectivity index is 1.66. The van der Waals surface area contributed by atoms with Crippen molar-refractivity contribution in [2.24, 2.45) is 0 Å². The molecule has 0 bridgehead atoms. The number of aryl methyl sites for hydroxylation is 1. The summed E-state index contributed by atoms with van der Waals surface area (Å²) in [6, 6.07) is 5.65. The number of rotatable bonds is 7. The average Bonchev–Trinajstić information content (AvgIpc) is 2.92. The van der Waals surface area contributed by atoms with E-state index < -0.39 is 6.36 Å². The summed E-state index contributed by atoms with van der Waals surface area (Å²) >= 11 is 0. The van der Waals surface area contributed by atoms with Gasteiger partial charge in [-0.1, -0.05) is 12.1 Å². The standard InChI is InChI=1S/C14H15F3N2O2/c15-14(16,17)21-13-5-3-11(4-6-13)9-20-7-1-2-12-8-18-10-19-12/h3-6,8,10H,1-2,7,9H2,(H,18,19). The first kappa shape index (κ1) is 15.4. The highest BCUT2D eigenvalue weighted by molar-refractivity contribution is 5.27. The molecule has 0 unspecified atom stereocenters. The summed E-state index contributed by atoms with van der Waals surface area (Å²) in [4.78, 5) is 6.91. The van der Waals surface area contributed by atoms with E-state index in [0.29, 0.717) is 13.2 Å². The minimum absolute atomic E-state index is 0.231. The van der Waals surface area contributed by atoms with E-state index in [9.17, 15) is 13.2 Å². The van der Waals surface area contributed by atoms with Gasteiger partial charge in [-0.3, -0.25) is 0 Å². The molecule has 0 atom stereocenters. The zero-order valence-corrected chi connectivity index (χ0v) is 11.2. The van der Waals surface area contributed by atoms with Crippen LogP contribution in [0.1, 0.15) is 17.7 Å². The molecule has 1 aromatic heterocycles. The van der Waals surface area contributed by atoms with E-state index in [-0.39, 0.29) is 5.75 Å². The number of imidazole rings is 1. The van der Waals surface area contributed by atoms with E-state index in [4.69, 9.17) is 4.74 Å². The van der Waals surface area contributed by atoms with E-state index in [1.54, 1.807) is 24.7 Å². The van der Waals surface area contributed by atoms with Crippen molar-refractivity contribution in [1.29, 1.82) is 0 Å². The van der Waals surface area contributed by atoms with Crippen molar-refractivity contribution in [3.05, 3.63) is 48.0 Å². The summed E-state index contributed by atoms with van der Waals surface area (Å²) in [5.74, 6) is -0.231. The molecular formula is C14H15F3N2O2. The predicted octanol–water partition coefficient (Wildman–Crippen LogP) is 3.46. The maximum absolute atomic E-state index is 12.0. The number of benzene rings is 1. The van der Waals surface area contributed by atoms with Gasteiger partial charge in [0.2, 0.25) is 0 Å².